The van der Waals surface area contributed by atoms with E-state index in [0.29, 0.717) is 5.92 Å². The molecule has 4 atom stereocenters. The summed E-state index contributed by atoms with van der Waals surface area (Å²) < 4.78 is 0. The van der Waals surface area contributed by atoms with Crippen molar-refractivity contribution in [3.8, 4) is 6.07 Å². The van der Waals surface area contributed by atoms with Gasteiger partial charge in [-0.15, -0.1) is 0 Å². The van der Waals surface area contributed by atoms with E-state index in [1.165, 1.54) is 0 Å². The fraction of sp³-hybridized carbons (Fsp3) is 0.875. The molecule has 0 amide bonds. The van der Waals surface area contributed by atoms with Crippen molar-refractivity contribution >= 4 is 0 Å². The first-order valence-corrected chi connectivity index (χ1v) is 3.77. The summed E-state index contributed by atoms with van der Waals surface area (Å²) in [6, 6.07) is 2.26. The number of hydrogen-bond donors (Lipinski definition) is 1. The molecule has 3 saturated carbocycles. The third kappa shape index (κ3) is 0.518. The van der Waals surface area contributed by atoms with E-state index in [0.717, 1.165) is 12.8 Å². The summed E-state index contributed by atoms with van der Waals surface area (Å²) >= 11 is 0. The van der Waals surface area contributed by atoms with Crippen LogP contribution in [-0.4, -0.2) is 10.7 Å². The maximum Gasteiger partial charge on any atom is 0.0663 e. The van der Waals surface area contributed by atoms with E-state index in [1.807, 2.05) is 6.92 Å². The van der Waals surface area contributed by atoms with Gasteiger partial charge in [-0.3, -0.25) is 0 Å². The number of hydrogen-bond acceptors (Lipinski definition) is 2. The summed E-state index contributed by atoms with van der Waals surface area (Å²) in [7, 11) is 0. The molecule has 0 aromatic carbocycles. The van der Waals surface area contributed by atoms with Gasteiger partial charge in [0, 0.05) is 5.92 Å². The Morgan fingerprint density at radius 2 is 2.40 bits per heavy atom. The summed E-state index contributed by atoms with van der Waals surface area (Å²) in [5, 5.41) is 18.3. The molecule has 2 nitrogen and oxygen atoms in total. The van der Waals surface area contributed by atoms with Crippen molar-refractivity contribution in [2.45, 2.75) is 25.4 Å². The highest BCUT2D eigenvalue weighted by Gasteiger charge is 2.59. The van der Waals surface area contributed by atoms with Crippen LogP contribution in [0.3, 0.4) is 0 Å². The fourth-order valence-corrected chi connectivity index (χ4v) is 2.48. The molecular weight excluding hydrogens is 126 g/mol. The summed E-state index contributed by atoms with van der Waals surface area (Å²) in [6.45, 7) is 1.86. The summed E-state index contributed by atoms with van der Waals surface area (Å²) in [6.07, 6.45) is 1.92. The number of fused-ring (bicyclic) bond motifs is 1. The number of nitrogens with zero attached hydrogens (tertiary/aromatic N) is 1. The zero-order chi connectivity index (χ0) is 7.35. The fourth-order valence-electron chi connectivity index (χ4n) is 2.48. The molecule has 2 bridgehead atoms. The minimum atomic E-state index is -0.523. The molecule has 3 rings (SSSR count). The Morgan fingerprint density at radius 3 is 2.60 bits per heavy atom. The smallest absolute Gasteiger partial charge is 0.0663 e. The highest BCUT2D eigenvalue weighted by molar-refractivity contribution is 5.15. The van der Waals surface area contributed by atoms with Gasteiger partial charge in [0.2, 0.25) is 0 Å². The van der Waals surface area contributed by atoms with Gasteiger partial charge in [0.05, 0.1) is 17.6 Å². The third-order valence-electron chi connectivity index (χ3n) is 3.12. The van der Waals surface area contributed by atoms with Crippen LogP contribution in [0, 0.1) is 29.1 Å². The first-order chi connectivity index (χ1) is 4.65. The first-order valence-electron chi connectivity index (χ1n) is 3.77. The standard InChI is InChI=1S/C8H11NO/c1-8(10)3-5-2-7(8)6(5)4-9/h5-7,10H,2-3H2,1H3/t5-,6-,7-,8-/m0/s1. The molecule has 0 saturated heterocycles. The molecule has 0 radical (unpaired) electrons. The maximum absolute atomic E-state index is 9.66. The number of nitriles is 1. The first kappa shape index (κ1) is 6.18. The Hall–Kier alpha value is -0.550. The lowest BCUT2D eigenvalue weighted by Crippen LogP contribution is -2.35. The number of aliphatic hydroxyl groups is 1. The van der Waals surface area contributed by atoms with Crippen LogP contribution in [-0.2, 0) is 0 Å². The van der Waals surface area contributed by atoms with Gasteiger partial charge in [0.15, 0.2) is 0 Å². The Labute approximate surface area is 60.5 Å². The van der Waals surface area contributed by atoms with E-state index in [4.69, 9.17) is 5.26 Å². The molecule has 2 heteroatoms. The van der Waals surface area contributed by atoms with Crippen LogP contribution in [0.25, 0.3) is 0 Å². The Bertz CT molecular complexity index is 204. The van der Waals surface area contributed by atoms with Gasteiger partial charge in [0.1, 0.15) is 0 Å². The highest BCUT2D eigenvalue weighted by Crippen LogP contribution is 2.58. The molecule has 0 heterocycles. The largest absolute Gasteiger partial charge is 0.390 e. The van der Waals surface area contributed by atoms with Crippen LogP contribution in [0.2, 0.25) is 0 Å². The third-order valence-corrected chi connectivity index (χ3v) is 3.12. The van der Waals surface area contributed by atoms with E-state index in [-0.39, 0.29) is 11.8 Å². The molecule has 3 aliphatic carbocycles. The van der Waals surface area contributed by atoms with Gasteiger partial charge in [-0.05, 0) is 25.7 Å². The molecule has 0 aliphatic heterocycles. The second-order valence-corrected chi connectivity index (χ2v) is 3.82. The van der Waals surface area contributed by atoms with Gasteiger partial charge in [-0.25, -0.2) is 0 Å². The highest BCUT2D eigenvalue weighted by atomic mass is 16.3. The van der Waals surface area contributed by atoms with Crippen molar-refractivity contribution in [3.05, 3.63) is 0 Å². The summed E-state index contributed by atoms with van der Waals surface area (Å²) in [4.78, 5) is 0. The Morgan fingerprint density at radius 1 is 1.70 bits per heavy atom. The molecule has 0 unspecified atom stereocenters. The lowest BCUT2D eigenvalue weighted by Gasteiger charge is -2.32. The van der Waals surface area contributed by atoms with Gasteiger partial charge in [-0.2, -0.15) is 5.26 Å². The van der Waals surface area contributed by atoms with E-state index < -0.39 is 5.60 Å². The lowest BCUT2D eigenvalue weighted by atomic mass is 9.71. The summed E-state index contributed by atoms with van der Waals surface area (Å²) in [5.41, 5.74) is -0.523. The van der Waals surface area contributed by atoms with Crippen molar-refractivity contribution in [2.75, 3.05) is 0 Å². The zero-order valence-corrected chi connectivity index (χ0v) is 6.04. The van der Waals surface area contributed by atoms with Crippen molar-refractivity contribution in [2.24, 2.45) is 17.8 Å². The molecule has 54 valence electrons. The van der Waals surface area contributed by atoms with Crippen LogP contribution in [0.5, 0.6) is 0 Å². The molecule has 0 aromatic heterocycles. The zero-order valence-electron chi connectivity index (χ0n) is 6.04. The number of rotatable bonds is 0. The molecule has 1 N–H and O–H groups in total. The van der Waals surface area contributed by atoms with Gasteiger partial charge in [-0.1, -0.05) is 0 Å². The van der Waals surface area contributed by atoms with Gasteiger partial charge in [0.25, 0.3) is 0 Å². The Kier molecular flexibility index (Phi) is 0.952. The van der Waals surface area contributed by atoms with E-state index >= 15 is 0 Å². The minimum absolute atomic E-state index is 0.162. The predicted octanol–water partition coefficient (Wildman–Crippen LogP) is 0.917. The van der Waals surface area contributed by atoms with Crippen molar-refractivity contribution in [1.29, 1.82) is 5.26 Å². The average molecular weight is 137 g/mol. The van der Waals surface area contributed by atoms with Crippen LogP contribution in [0.15, 0.2) is 0 Å². The van der Waals surface area contributed by atoms with E-state index in [9.17, 15) is 5.11 Å². The molecule has 3 fully saturated rings. The van der Waals surface area contributed by atoms with Crippen LogP contribution in [0.1, 0.15) is 19.8 Å². The molecule has 0 aromatic rings. The van der Waals surface area contributed by atoms with Crippen molar-refractivity contribution < 1.29 is 5.11 Å². The monoisotopic (exact) mass is 137 g/mol. The normalized spacial score (nSPS) is 57.5. The lowest BCUT2D eigenvalue weighted by molar-refractivity contribution is 0.0144. The van der Waals surface area contributed by atoms with Crippen LogP contribution < -0.4 is 0 Å². The topological polar surface area (TPSA) is 44.0 Å². The average Bonchev–Trinajstić information content (AvgIpc) is 2.17. The molecular formula is C8H11NO. The molecule has 10 heavy (non-hydrogen) atoms. The second-order valence-electron chi connectivity index (χ2n) is 3.82. The second kappa shape index (κ2) is 1.54. The van der Waals surface area contributed by atoms with E-state index in [1.54, 1.807) is 0 Å². The maximum atomic E-state index is 9.66. The van der Waals surface area contributed by atoms with Gasteiger partial charge < -0.3 is 5.11 Å². The van der Waals surface area contributed by atoms with E-state index in [2.05, 4.69) is 6.07 Å². The SMILES string of the molecule is C[C@]1(O)C[C@@H]2C[C@H]1[C@H]2C#N. The predicted molar refractivity (Wildman–Crippen MR) is 35.9 cm³/mol. The Balaban J connectivity index is 2.22. The van der Waals surface area contributed by atoms with Crippen LogP contribution >= 0.6 is 0 Å². The van der Waals surface area contributed by atoms with Gasteiger partial charge >= 0.3 is 0 Å². The van der Waals surface area contributed by atoms with Crippen molar-refractivity contribution in [1.82, 2.24) is 0 Å². The summed E-state index contributed by atoms with van der Waals surface area (Å²) in [5.74, 6) is 0.947. The molecule has 3 aliphatic rings. The molecule has 0 spiro atoms. The van der Waals surface area contributed by atoms with Crippen molar-refractivity contribution in [3.63, 3.8) is 0 Å². The van der Waals surface area contributed by atoms with Crippen LogP contribution in [0.4, 0.5) is 0 Å². The minimum Gasteiger partial charge on any atom is -0.390 e. The quantitative estimate of drug-likeness (QED) is 0.539.